The number of carbonyl (C=O) groups excluding carboxylic acids is 2. The third-order valence-corrected chi connectivity index (χ3v) is 10.8. The van der Waals surface area contributed by atoms with Crippen molar-refractivity contribution in [2.45, 2.75) is 62.8 Å². The van der Waals surface area contributed by atoms with E-state index in [2.05, 4.69) is 25.7 Å². The molecule has 0 saturated heterocycles. The number of alkyl halides is 3. The highest BCUT2D eigenvalue weighted by Crippen LogP contribution is 2.45. The monoisotopic (exact) mass is 878 g/mol. The van der Waals surface area contributed by atoms with Crippen LogP contribution < -0.4 is 24.8 Å². The van der Waals surface area contributed by atoms with Crippen molar-refractivity contribution in [3.8, 4) is 29.4 Å². The molecule has 7 rings (SSSR count). The van der Waals surface area contributed by atoms with Crippen LogP contribution in [-0.2, 0) is 18.0 Å². The van der Waals surface area contributed by atoms with Crippen LogP contribution in [0.25, 0.3) is 0 Å². The van der Waals surface area contributed by atoms with E-state index in [0.717, 1.165) is 37.8 Å². The Morgan fingerprint density at radius 3 is 2.27 bits per heavy atom. The van der Waals surface area contributed by atoms with E-state index in [0.29, 0.717) is 59.6 Å². The van der Waals surface area contributed by atoms with E-state index in [9.17, 15) is 37.5 Å². The van der Waals surface area contributed by atoms with Crippen LogP contribution >= 0.6 is 0 Å². The summed E-state index contributed by atoms with van der Waals surface area (Å²) in [6.45, 7) is 0.923. The van der Waals surface area contributed by atoms with Gasteiger partial charge < -0.3 is 30.0 Å². The average molecular weight is 879 g/mol. The molecule has 0 unspecified atom stereocenters. The number of benzene rings is 4. The number of rotatable bonds is 17. The fourth-order valence-electron chi connectivity index (χ4n) is 7.53. The molecular weight excluding hydrogens is 837 g/mol. The molecule has 3 heterocycles. The van der Waals surface area contributed by atoms with E-state index in [1.54, 1.807) is 17.8 Å². The number of nitrogens with zero attached hydrogens (tertiary/aromatic N) is 6. The Morgan fingerprint density at radius 1 is 0.938 bits per heavy atom. The first-order valence-electron chi connectivity index (χ1n) is 20.4. The lowest BCUT2D eigenvalue weighted by molar-refractivity contribution is -0.138. The molecule has 3 atom stereocenters. The lowest BCUT2D eigenvalue weighted by atomic mass is 9.78. The molecule has 0 spiro atoms. The minimum Gasteiger partial charge on any atom is -0.494 e. The molecule has 2 aliphatic heterocycles. The number of hydrogen-bond donors (Lipinski definition) is 3. The first-order chi connectivity index (χ1) is 30.7. The number of aliphatic hydroxyl groups is 1. The van der Waals surface area contributed by atoms with Gasteiger partial charge in [0.25, 0.3) is 5.91 Å². The number of aromatic nitrogens is 3. The quantitative estimate of drug-likeness (QED) is 0.0608. The zero-order valence-electron chi connectivity index (χ0n) is 34.7. The van der Waals surface area contributed by atoms with Crippen LogP contribution in [-0.4, -0.2) is 69.2 Å². The van der Waals surface area contributed by atoms with E-state index in [1.807, 2.05) is 30.3 Å². The zero-order valence-corrected chi connectivity index (χ0v) is 34.7. The molecule has 14 nitrogen and oxygen atoms in total. The van der Waals surface area contributed by atoms with Crippen molar-refractivity contribution in [1.29, 1.82) is 10.5 Å². The van der Waals surface area contributed by atoms with Gasteiger partial charge in [0.15, 0.2) is 11.4 Å². The topological polar surface area (TPSA) is 197 Å². The number of carbonyl (C=O) groups is 2. The first-order valence-corrected chi connectivity index (χ1v) is 20.4. The van der Waals surface area contributed by atoms with E-state index in [4.69, 9.17) is 19.5 Å². The minimum absolute atomic E-state index is 0.00288. The molecular formula is C46H42F4N8O6. The maximum atomic E-state index is 14.7. The number of nitrogens with one attached hydrogen (secondary N) is 2. The molecule has 1 aromatic heterocycles. The maximum absolute atomic E-state index is 14.7. The van der Waals surface area contributed by atoms with Crippen LogP contribution in [0.1, 0.15) is 95.0 Å². The normalized spacial score (nSPS) is 16.3. The van der Waals surface area contributed by atoms with Gasteiger partial charge in [-0.15, -0.1) is 0 Å². The second-order valence-corrected chi connectivity index (χ2v) is 15.5. The van der Waals surface area contributed by atoms with Crippen LogP contribution in [0.5, 0.6) is 17.2 Å². The lowest BCUT2D eigenvalue weighted by Gasteiger charge is -2.37. The molecule has 3 N–H and O–H groups in total. The van der Waals surface area contributed by atoms with Crippen LogP contribution in [0, 0.1) is 28.5 Å². The fourth-order valence-corrected chi connectivity index (χ4v) is 7.53. The number of anilines is 2. The van der Waals surface area contributed by atoms with Gasteiger partial charge in [-0.25, -0.2) is 9.37 Å². The standard InChI is InChI=1S/C46H42F4N8O6/c1-45(61,25-64-32-12-8-27(22-51)9-13-32)44(60)56-30-20-35(46(48,49)50)34(23-52)38(21-30)63-17-7-5-3-4-6-16-62-31-14-10-28(11-15-31)41-40(43-54-26-55-58(43)2)42-39-33(37(59)24-53-42)18-29(47)19-36(39)57-41/h8-15,18-21,26,40-41,57,61H,3-7,16-17,24-25H2,1-2H3,(H,56,60)/t40-,41-,45-/m1/s1. The van der Waals surface area contributed by atoms with E-state index in [1.165, 1.54) is 42.7 Å². The Bertz CT molecular complexity index is 2650. The van der Waals surface area contributed by atoms with E-state index in [-0.39, 0.29) is 41.7 Å². The molecule has 18 heteroatoms. The second kappa shape index (κ2) is 19.0. The number of halogens is 4. The highest BCUT2D eigenvalue weighted by molar-refractivity contribution is 6.21. The Morgan fingerprint density at radius 2 is 1.61 bits per heavy atom. The number of ether oxygens (including phenoxy) is 3. The van der Waals surface area contributed by atoms with Crippen molar-refractivity contribution in [3.05, 3.63) is 124 Å². The number of nitriles is 2. The van der Waals surface area contributed by atoms with Crippen LogP contribution in [0.3, 0.4) is 0 Å². The Kier molecular flexibility index (Phi) is 13.3. The number of aryl methyl sites for hydroxylation is 1. The van der Waals surface area contributed by atoms with Crippen LogP contribution in [0.2, 0.25) is 0 Å². The molecule has 0 aliphatic carbocycles. The molecule has 0 saturated carbocycles. The molecule has 0 fully saturated rings. The molecule has 2 aliphatic rings. The van der Waals surface area contributed by atoms with Gasteiger partial charge in [-0.1, -0.05) is 31.4 Å². The number of amides is 1. The largest absolute Gasteiger partial charge is 0.494 e. The van der Waals surface area contributed by atoms with Crippen molar-refractivity contribution >= 4 is 28.8 Å². The summed E-state index contributed by atoms with van der Waals surface area (Å²) >= 11 is 0. The summed E-state index contributed by atoms with van der Waals surface area (Å²) in [4.78, 5) is 34.8. The van der Waals surface area contributed by atoms with E-state index < -0.39 is 53.2 Å². The predicted octanol–water partition coefficient (Wildman–Crippen LogP) is 7.83. The minimum atomic E-state index is -4.95. The highest BCUT2D eigenvalue weighted by atomic mass is 19.4. The third-order valence-electron chi connectivity index (χ3n) is 10.8. The van der Waals surface area contributed by atoms with Gasteiger partial charge in [0.05, 0.1) is 48.1 Å². The Labute approximate surface area is 365 Å². The van der Waals surface area contributed by atoms with Crippen molar-refractivity contribution in [2.75, 3.05) is 37.0 Å². The van der Waals surface area contributed by atoms with Gasteiger partial charge in [-0.05, 0) is 79.9 Å². The molecule has 64 heavy (non-hydrogen) atoms. The summed E-state index contributed by atoms with van der Waals surface area (Å²) in [5.41, 5.74) is -1.33. The summed E-state index contributed by atoms with van der Waals surface area (Å²) in [7, 11) is 1.78. The number of ketones is 1. The van der Waals surface area contributed by atoms with Crippen molar-refractivity contribution < 1.29 is 46.5 Å². The van der Waals surface area contributed by atoms with Crippen molar-refractivity contribution in [2.24, 2.45) is 12.0 Å². The number of unbranched alkanes of at least 4 members (excludes halogenated alkanes) is 4. The number of aliphatic imine (C=N–C) groups is 1. The SMILES string of the molecule is Cn1ncnc1[C@H]1C2=NCC(=O)c3cc(F)cc(c32)N[C@@H]1c1ccc(OCCCCCCCOc2cc(NC(=O)[C@](C)(O)COc3ccc(C#N)cc3)cc(C(F)(F)F)c2C#N)cc1. The maximum Gasteiger partial charge on any atom is 0.417 e. The molecule has 330 valence electrons. The smallest absolute Gasteiger partial charge is 0.417 e. The van der Waals surface area contributed by atoms with E-state index >= 15 is 0 Å². The van der Waals surface area contributed by atoms with Crippen LogP contribution in [0.15, 0.2) is 84.1 Å². The third kappa shape index (κ3) is 9.98. The first kappa shape index (κ1) is 44.7. The Balaban J connectivity index is 0.890. The molecule has 0 bridgehead atoms. The van der Waals surface area contributed by atoms with Gasteiger partial charge in [0, 0.05) is 35.6 Å². The summed E-state index contributed by atoms with van der Waals surface area (Å²) in [6.07, 6.45) is -0.0542. The summed E-state index contributed by atoms with van der Waals surface area (Å²) in [6, 6.07) is 20.8. The molecule has 4 aromatic carbocycles. The van der Waals surface area contributed by atoms with Gasteiger partial charge in [-0.3, -0.25) is 19.3 Å². The predicted molar refractivity (Wildman–Crippen MR) is 225 cm³/mol. The fraction of sp³-hybridized carbons (Fsp3) is 0.326. The highest BCUT2D eigenvalue weighted by Gasteiger charge is 2.42. The number of hydrogen-bond acceptors (Lipinski definition) is 12. The summed E-state index contributed by atoms with van der Waals surface area (Å²) in [5.74, 6) is -1.09. The zero-order chi connectivity index (χ0) is 45.6. The molecule has 1 amide bonds. The Hall–Kier alpha value is -7.31. The second-order valence-electron chi connectivity index (χ2n) is 15.5. The van der Waals surface area contributed by atoms with Gasteiger partial charge in [-0.2, -0.15) is 28.8 Å². The summed E-state index contributed by atoms with van der Waals surface area (Å²) < 4.78 is 75.6. The van der Waals surface area contributed by atoms with Gasteiger partial charge in [0.1, 0.15) is 60.0 Å². The molecule has 5 aromatic rings. The number of Topliss-reactive ketones (excluding diaryl/α,β-unsaturated/α-hetero) is 1. The van der Waals surface area contributed by atoms with Gasteiger partial charge >= 0.3 is 6.18 Å². The summed E-state index contributed by atoms with van der Waals surface area (Å²) in [5, 5.41) is 39.3. The van der Waals surface area contributed by atoms with Crippen molar-refractivity contribution in [1.82, 2.24) is 14.8 Å². The lowest BCUT2D eigenvalue weighted by Crippen LogP contribution is -2.45. The van der Waals surface area contributed by atoms with Gasteiger partial charge in [0.2, 0.25) is 0 Å². The van der Waals surface area contributed by atoms with Crippen LogP contribution in [0.4, 0.5) is 28.9 Å². The molecule has 0 radical (unpaired) electrons. The van der Waals surface area contributed by atoms with Crippen molar-refractivity contribution in [3.63, 3.8) is 0 Å². The average Bonchev–Trinajstić information content (AvgIpc) is 3.70.